The molecule has 1 atom stereocenters. The Balaban J connectivity index is 2.33. The Morgan fingerprint density at radius 2 is 2.30 bits per heavy atom. The minimum atomic E-state index is -0.746. The second-order valence-electron chi connectivity index (χ2n) is 4.66. The van der Waals surface area contributed by atoms with E-state index in [0.717, 1.165) is 15.9 Å². The van der Waals surface area contributed by atoms with Crippen LogP contribution in [0.1, 0.15) is 16.7 Å². The van der Waals surface area contributed by atoms with Crippen molar-refractivity contribution in [1.29, 1.82) is 0 Å². The average Bonchev–Trinajstić information content (AvgIpc) is 3.01. The van der Waals surface area contributed by atoms with Gasteiger partial charge in [0.1, 0.15) is 11.8 Å². The summed E-state index contributed by atoms with van der Waals surface area (Å²) in [5.41, 5.74) is 0.692. The Bertz CT molecular complexity index is 568. The van der Waals surface area contributed by atoms with Gasteiger partial charge in [0.2, 0.25) is 0 Å². The zero-order valence-corrected chi connectivity index (χ0v) is 14.1. The SMILES string of the molecule is COc1cnn(CCN(C)C)c1C(O)c1sccc1Br. The monoisotopic (exact) mass is 359 g/mol. The lowest BCUT2D eigenvalue weighted by molar-refractivity contribution is 0.203. The zero-order chi connectivity index (χ0) is 14.7. The minimum absolute atomic E-state index is 0.608. The average molecular weight is 360 g/mol. The van der Waals surface area contributed by atoms with Crippen LogP contribution < -0.4 is 4.74 Å². The maximum Gasteiger partial charge on any atom is 0.163 e. The number of aliphatic hydroxyl groups excluding tert-OH is 1. The van der Waals surface area contributed by atoms with Gasteiger partial charge in [-0.1, -0.05) is 0 Å². The Morgan fingerprint density at radius 1 is 1.55 bits per heavy atom. The molecule has 20 heavy (non-hydrogen) atoms. The van der Waals surface area contributed by atoms with Crippen LogP contribution in [0.3, 0.4) is 0 Å². The highest BCUT2D eigenvalue weighted by Crippen LogP contribution is 2.36. The van der Waals surface area contributed by atoms with E-state index in [1.165, 1.54) is 11.3 Å². The number of ether oxygens (including phenoxy) is 1. The molecule has 0 aliphatic heterocycles. The molecule has 1 N–H and O–H groups in total. The van der Waals surface area contributed by atoms with Crippen molar-refractivity contribution in [3.05, 3.63) is 32.7 Å². The second-order valence-corrected chi connectivity index (χ2v) is 6.46. The van der Waals surface area contributed by atoms with Crippen molar-refractivity contribution >= 4 is 27.3 Å². The first-order chi connectivity index (χ1) is 9.54. The third kappa shape index (κ3) is 3.22. The number of thiophene rings is 1. The van der Waals surface area contributed by atoms with Gasteiger partial charge in [0.05, 0.1) is 24.7 Å². The second kappa shape index (κ2) is 6.71. The Morgan fingerprint density at radius 3 is 2.85 bits per heavy atom. The summed E-state index contributed by atoms with van der Waals surface area (Å²) >= 11 is 4.96. The number of halogens is 1. The smallest absolute Gasteiger partial charge is 0.163 e. The lowest BCUT2D eigenvalue weighted by atomic mass is 10.2. The molecule has 0 radical (unpaired) electrons. The molecule has 0 saturated heterocycles. The number of rotatable bonds is 6. The van der Waals surface area contributed by atoms with Crippen molar-refractivity contribution in [2.45, 2.75) is 12.6 Å². The van der Waals surface area contributed by atoms with Crippen LogP contribution in [0.2, 0.25) is 0 Å². The van der Waals surface area contributed by atoms with Crippen molar-refractivity contribution < 1.29 is 9.84 Å². The number of nitrogens with zero attached hydrogens (tertiary/aromatic N) is 3. The summed E-state index contributed by atoms with van der Waals surface area (Å²) in [6, 6.07) is 1.93. The lowest BCUT2D eigenvalue weighted by Crippen LogP contribution is -2.21. The van der Waals surface area contributed by atoms with E-state index in [4.69, 9.17) is 4.74 Å². The van der Waals surface area contributed by atoms with Crippen LogP contribution in [0.4, 0.5) is 0 Å². The van der Waals surface area contributed by atoms with E-state index in [9.17, 15) is 5.11 Å². The lowest BCUT2D eigenvalue weighted by Gasteiger charge is -2.16. The van der Waals surface area contributed by atoms with E-state index in [1.807, 2.05) is 25.5 Å². The Labute approximate surface area is 130 Å². The van der Waals surface area contributed by atoms with Gasteiger partial charge in [-0.25, -0.2) is 0 Å². The number of aliphatic hydroxyl groups is 1. The molecule has 5 nitrogen and oxygen atoms in total. The number of likely N-dealkylation sites (N-methyl/N-ethyl adjacent to an activating group) is 1. The topological polar surface area (TPSA) is 50.5 Å². The first-order valence-electron chi connectivity index (χ1n) is 6.20. The summed E-state index contributed by atoms with van der Waals surface area (Å²) in [6.45, 7) is 1.54. The van der Waals surface area contributed by atoms with Gasteiger partial charge in [0.15, 0.2) is 5.75 Å². The fourth-order valence-electron chi connectivity index (χ4n) is 1.91. The molecule has 0 aliphatic carbocycles. The van der Waals surface area contributed by atoms with Gasteiger partial charge in [-0.3, -0.25) is 4.68 Å². The number of methoxy groups -OCH3 is 1. The van der Waals surface area contributed by atoms with Crippen molar-refractivity contribution in [3.8, 4) is 5.75 Å². The highest BCUT2D eigenvalue weighted by molar-refractivity contribution is 9.10. The molecule has 0 aromatic carbocycles. The molecule has 0 saturated carbocycles. The third-order valence-electron chi connectivity index (χ3n) is 2.98. The van der Waals surface area contributed by atoms with Gasteiger partial charge in [-0.05, 0) is 41.5 Å². The number of hydrogen-bond acceptors (Lipinski definition) is 5. The molecule has 2 aromatic heterocycles. The maximum atomic E-state index is 10.6. The van der Waals surface area contributed by atoms with Crippen LogP contribution in [0.25, 0.3) is 0 Å². The molecule has 0 amide bonds. The largest absolute Gasteiger partial charge is 0.493 e. The van der Waals surface area contributed by atoms with Gasteiger partial charge in [0.25, 0.3) is 0 Å². The molecular formula is C13H18BrN3O2S. The van der Waals surface area contributed by atoms with Crippen molar-refractivity contribution in [2.24, 2.45) is 0 Å². The fourth-order valence-corrected chi connectivity index (χ4v) is 3.48. The summed E-state index contributed by atoms with van der Waals surface area (Å²) < 4.78 is 8.03. The Hall–Kier alpha value is -0.890. The Kier molecular flexibility index (Phi) is 5.20. The summed E-state index contributed by atoms with van der Waals surface area (Å²) in [4.78, 5) is 2.93. The molecule has 110 valence electrons. The molecule has 2 aromatic rings. The van der Waals surface area contributed by atoms with Gasteiger partial charge >= 0.3 is 0 Å². The highest BCUT2D eigenvalue weighted by Gasteiger charge is 2.24. The third-order valence-corrected chi connectivity index (χ3v) is 4.90. The molecular weight excluding hydrogens is 342 g/mol. The van der Waals surface area contributed by atoms with Crippen LogP contribution in [0.5, 0.6) is 5.75 Å². The summed E-state index contributed by atoms with van der Waals surface area (Å²) in [5.74, 6) is 0.608. The van der Waals surface area contributed by atoms with Gasteiger partial charge < -0.3 is 14.7 Å². The molecule has 2 rings (SSSR count). The predicted octanol–water partition coefficient (Wildman–Crippen LogP) is 2.36. The van der Waals surface area contributed by atoms with E-state index in [0.29, 0.717) is 18.0 Å². The van der Waals surface area contributed by atoms with Crippen molar-refractivity contribution in [2.75, 3.05) is 27.7 Å². The molecule has 0 fully saturated rings. The standard InChI is InChI=1S/C13H18BrN3O2S/c1-16(2)5-6-17-11(10(19-3)8-15-17)12(18)13-9(14)4-7-20-13/h4,7-8,12,18H,5-6H2,1-3H3. The molecule has 0 bridgehead atoms. The molecule has 0 aliphatic rings. The van der Waals surface area contributed by atoms with Gasteiger partial charge in [-0.2, -0.15) is 5.10 Å². The van der Waals surface area contributed by atoms with Crippen LogP contribution in [-0.4, -0.2) is 47.5 Å². The van der Waals surface area contributed by atoms with Crippen LogP contribution >= 0.6 is 27.3 Å². The molecule has 0 spiro atoms. The maximum absolute atomic E-state index is 10.6. The van der Waals surface area contributed by atoms with E-state index >= 15 is 0 Å². The molecule has 7 heteroatoms. The predicted molar refractivity (Wildman–Crippen MR) is 83.4 cm³/mol. The first kappa shape index (κ1) is 15.5. The van der Waals surface area contributed by atoms with E-state index in [2.05, 4.69) is 25.9 Å². The molecule has 2 heterocycles. The molecule has 1 unspecified atom stereocenters. The van der Waals surface area contributed by atoms with Crippen LogP contribution in [-0.2, 0) is 6.54 Å². The van der Waals surface area contributed by atoms with Crippen molar-refractivity contribution in [1.82, 2.24) is 14.7 Å². The van der Waals surface area contributed by atoms with Gasteiger partial charge in [0, 0.05) is 11.0 Å². The summed E-state index contributed by atoms with van der Waals surface area (Å²) in [5, 5.41) is 16.9. The van der Waals surface area contributed by atoms with Crippen LogP contribution in [0, 0.1) is 0 Å². The number of aromatic nitrogens is 2. The zero-order valence-electron chi connectivity index (χ0n) is 11.7. The van der Waals surface area contributed by atoms with Crippen molar-refractivity contribution in [3.63, 3.8) is 0 Å². The minimum Gasteiger partial charge on any atom is -0.493 e. The van der Waals surface area contributed by atoms with E-state index < -0.39 is 6.10 Å². The van der Waals surface area contributed by atoms with Crippen LogP contribution in [0.15, 0.2) is 22.1 Å². The normalized spacial score (nSPS) is 12.9. The summed E-state index contributed by atoms with van der Waals surface area (Å²) in [6.07, 6.45) is 0.902. The first-order valence-corrected chi connectivity index (χ1v) is 7.87. The van der Waals surface area contributed by atoms with E-state index in [1.54, 1.807) is 18.0 Å². The summed E-state index contributed by atoms with van der Waals surface area (Å²) in [7, 11) is 5.60. The highest BCUT2D eigenvalue weighted by atomic mass is 79.9. The fraction of sp³-hybridized carbons (Fsp3) is 0.462. The number of hydrogen-bond donors (Lipinski definition) is 1. The van der Waals surface area contributed by atoms with Gasteiger partial charge in [-0.15, -0.1) is 11.3 Å². The van der Waals surface area contributed by atoms with E-state index in [-0.39, 0.29) is 0 Å². The quantitative estimate of drug-likeness (QED) is 0.859.